The highest BCUT2D eigenvalue weighted by molar-refractivity contribution is 4.95. The van der Waals surface area contributed by atoms with Gasteiger partial charge in [-0.1, -0.05) is 6.42 Å². The van der Waals surface area contributed by atoms with E-state index >= 15 is 0 Å². The highest BCUT2D eigenvalue weighted by atomic mass is 16.3. The van der Waals surface area contributed by atoms with Crippen LogP contribution in [0.25, 0.3) is 0 Å². The molecule has 0 aromatic carbocycles. The first-order chi connectivity index (χ1) is 8.74. The van der Waals surface area contributed by atoms with E-state index in [1.54, 1.807) is 0 Å². The van der Waals surface area contributed by atoms with E-state index in [1.807, 2.05) is 0 Å². The fraction of sp³-hybridized carbons (Fsp3) is 1.00. The van der Waals surface area contributed by atoms with Crippen LogP contribution in [0.3, 0.4) is 0 Å². The minimum absolute atomic E-state index is 0.0139. The molecule has 18 heavy (non-hydrogen) atoms. The Morgan fingerprint density at radius 2 is 2.11 bits per heavy atom. The number of likely N-dealkylation sites (tertiary alicyclic amines) is 1. The first-order valence-electron chi connectivity index (χ1n) is 7.89. The first-order valence-corrected chi connectivity index (χ1v) is 7.89. The summed E-state index contributed by atoms with van der Waals surface area (Å²) < 4.78 is 0. The molecule has 0 aromatic heterocycles. The topological polar surface area (TPSA) is 35.5 Å². The predicted octanol–water partition coefficient (Wildman–Crippen LogP) is 1.61. The third kappa shape index (κ3) is 2.59. The smallest absolute Gasteiger partial charge is 0.0583 e. The third-order valence-electron chi connectivity index (χ3n) is 5.51. The van der Waals surface area contributed by atoms with Crippen LogP contribution >= 0.6 is 0 Å². The minimum Gasteiger partial charge on any atom is -0.393 e. The van der Waals surface area contributed by atoms with Gasteiger partial charge in [-0.3, -0.25) is 4.90 Å². The molecular weight excluding hydrogens is 224 g/mol. The Labute approximate surface area is 111 Å². The SMILES string of the molecule is CC(CC1CCCCN1)N1CC2CCC(O)C2C1. The van der Waals surface area contributed by atoms with Gasteiger partial charge < -0.3 is 10.4 Å². The lowest BCUT2D eigenvalue weighted by Crippen LogP contribution is -2.41. The minimum atomic E-state index is -0.0139. The van der Waals surface area contributed by atoms with Crippen molar-refractivity contribution in [1.82, 2.24) is 10.2 Å². The van der Waals surface area contributed by atoms with Crippen molar-refractivity contribution >= 4 is 0 Å². The van der Waals surface area contributed by atoms with E-state index in [0.717, 1.165) is 24.9 Å². The van der Waals surface area contributed by atoms with Crippen LogP contribution < -0.4 is 5.32 Å². The van der Waals surface area contributed by atoms with Gasteiger partial charge >= 0.3 is 0 Å². The molecule has 3 aliphatic rings. The Bertz CT molecular complexity index is 278. The summed E-state index contributed by atoms with van der Waals surface area (Å²) in [7, 11) is 0. The van der Waals surface area contributed by atoms with Crippen LogP contribution in [-0.2, 0) is 0 Å². The Balaban J connectivity index is 1.49. The lowest BCUT2D eigenvalue weighted by atomic mass is 9.98. The summed E-state index contributed by atoms with van der Waals surface area (Å²) in [5, 5.41) is 13.6. The zero-order valence-corrected chi connectivity index (χ0v) is 11.6. The molecule has 2 heterocycles. The van der Waals surface area contributed by atoms with Crippen molar-refractivity contribution in [3.63, 3.8) is 0 Å². The van der Waals surface area contributed by atoms with E-state index in [-0.39, 0.29) is 6.10 Å². The molecule has 3 fully saturated rings. The van der Waals surface area contributed by atoms with Gasteiger partial charge in [-0.25, -0.2) is 0 Å². The standard InChI is InChI=1S/C15H28N2O/c1-11(8-13-4-2-3-7-16-13)17-9-12-5-6-15(18)14(12)10-17/h11-16,18H,2-10H2,1H3. The molecule has 1 aliphatic carbocycles. The Hall–Kier alpha value is -0.120. The average Bonchev–Trinajstić information content (AvgIpc) is 2.93. The number of aliphatic hydroxyl groups excluding tert-OH is 1. The number of hydrogen-bond acceptors (Lipinski definition) is 3. The highest BCUT2D eigenvalue weighted by Crippen LogP contribution is 2.39. The number of fused-ring (bicyclic) bond motifs is 1. The van der Waals surface area contributed by atoms with Gasteiger partial charge in [0.1, 0.15) is 0 Å². The van der Waals surface area contributed by atoms with E-state index in [1.165, 1.54) is 45.2 Å². The summed E-state index contributed by atoms with van der Waals surface area (Å²) >= 11 is 0. The maximum absolute atomic E-state index is 9.98. The molecule has 0 radical (unpaired) electrons. The van der Waals surface area contributed by atoms with Gasteiger partial charge in [-0.05, 0) is 51.5 Å². The van der Waals surface area contributed by atoms with Crippen molar-refractivity contribution in [2.75, 3.05) is 19.6 Å². The van der Waals surface area contributed by atoms with Crippen molar-refractivity contribution in [1.29, 1.82) is 0 Å². The quantitative estimate of drug-likeness (QED) is 0.801. The molecule has 5 unspecified atom stereocenters. The van der Waals surface area contributed by atoms with E-state index in [0.29, 0.717) is 12.0 Å². The van der Waals surface area contributed by atoms with Gasteiger partial charge in [0.2, 0.25) is 0 Å². The Morgan fingerprint density at radius 3 is 2.83 bits per heavy atom. The van der Waals surface area contributed by atoms with Crippen LogP contribution in [0, 0.1) is 11.8 Å². The summed E-state index contributed by atoms with van der Waals surface area (Å²) in [5.74, 6) is 1.36. The summed E-state index contributed by atoms with van der Waals surface area (Å²) in [5.41, 5.74) is 0. The molecule has 104 valence electrons. The molecule has 1 saturated carbocycles. The van der Waals surface area contributed by atoms with Crippen LogP contribution in [0.1, 0.15) is 45.4 Å². The summed E-state index contributed by atoms with van der Waals surface area (Å²) in [6.07, 6.45) is 7.67. The second-order valence-electron chi connectivity index (χ2n) is 6.75. The van der Waals surface area contributed by atoms with Gasteiger partial charge in [0.25, 0.3) is 0 Å². The maximum atomic E-state index is 9.98. The molecule has 3 nitrogen and oxygen atoms in total. The molecule has 3 rings (SSSR count). The third-order valence-corrected chi connectivity index (χ3v) is 5.51. The second-order valence-corrected chi connectivity index (χ2v) is 6.75. The van der Waals surface area contributed by atoms with Gasteiger partial charge in [0, 0.05) is 31.1 Å². The second kappa shape index (κ2) is 5.48. The first kappa shape index (κ1) is 12.9. The number of aliphatic hydroxyl groups is 1. The Morgan fingerprint density at radius 1 is 1.22 bits per heavy atom. The number of nitrogens with zero attached hydrogens (tertiary/aromatic N) is 1. The van der Waals surface area contributed by atoms with Gasteiger partial charge in [0.05, 0.1) is 6.10 Å². The number of rotatable bonds is 3. The highest BCUT2D eigenvalue weighted by Gasteiger charge is 2.42. The van der Waals surface area contributed by atoms with Crippen molar-refractivity contribution in [3.8, 4) is 0 Å². The van der Waals surface area contributed by atoms with Crippen LogP contribution in [0.2, 0.25) is 0 Å². The molecule has 2 aliphatic heterocycles. The Kier molecular flexibility index (Phi) is 3.92. The average molecular weight is 252 g/mol. The van der Waals surface area contributed by atoms with Crippen molar-refractivity contribution < 1.29 is 5.11 Å². The molecule has 0 amide bonds. The maximum Gasteiger partial charge on any atom is 0.0583 e. The molecule has 2 N–H and O–H groups in total. The lowest BCUT2D eigenvalue weighted by Gasteiger charge is -2.31. The molecule has 5 atom stereocenters. The van der Waals surface area contributed by atoms with Crippen molar-refractivity contribution in [3.05, 3.63) is 0 Å². The molecule has 3 heteroatoms. The van der Waals surface area contributed by atoms with E-state index in [9.17, 15) is 5.11 Å². The summed E-state index contributed by atoms with van der Waals surface area (Å²) in [6.45, 7) is 5.96. The number of nitrogens with one attached hydrogen (secondary N) is 1. The van der Waals surface area contributed by atoms with E-state index in [2.05, 4.69) is 17.1 Å². The summed E-state index contributed by atoms with van der Waals surface area (Å²) in [4.78, 5) is 2.63. The van der Waals surface area contributed by atoms with Crippen LogP contribution in [0.5, 0.6) is 0 Å². The van der Waals surface area contributed by atoms with Gasteiger partial charge in [-0.2, -0.15) is 0 Å². The molecule has 2 saturated heterocycles. The van der Waals surface area contributed by atoms with Gasteiger partial charge in [-0.15, -0.1) is 0 Å². The largest absolute Gasteiger partial charge is 0.393 e. The fourth-order valence-electron chi connectivity index (χ4n) is 4.32. The fourth-order valence-corrected chi connectivity index (χ4v) is 4.32. The molecule has 0 bridgehead atoms. The van der Waals surface area contributed by atoms with Crippen LogP contribution in [-0.4, -0.2) is 47.8 Å². The van der Waals surface area contributed by atoms with E-state index < -0.39 is 0 Å². The predicted molar refractivity (Wildman–Crippen MR) is 73.5 cm³/mol. The summed E-state index contributed by atoms with van der Waals surface area (Å²) in [6, 6.07) is 1.41. The molecule has 0 spiro atoms. The monoisotopic (exact) mass is 252 g/mol. The van der Waals surface area contributed by atoms with Crippen LogP contribution in [0.15, 0.2) is 0 Å². The normalized spacial score (nSPS) is 43.0. The molecule has 0 aromatic rings. The van der Waals surface area contributed by atoms with Crippen molar-refractivity contribution in [2.24, 2.45) is 11.8 Å². The number of piperidine rings is 1. The van der Waals surface area contributed by atoms with Crippen molar-refractivity contribution in [2.45, 2.75) is 63.6 Å². The van der Waals surface area contributed by atoms with E-state index in [4.69, 9.17) is 0 Å². The lowest BCUT2D eigenvalue weighted by molar-refractivity contribution is 0.116. The zero-order valence-electron chi connectivity index (χ0n) is 11.6. The molecular formula is C15H28N2O. The zero-order chi connectivity index (χ0) is 12.5. The van der Waals surface area contributed by atoms with Gasteiger partial charge in [0.15, 0.2) is 0 Å². The number of hydrogen-bond donors (Lipinski definition) is 2. The van der Waals surface area contributed by atoms with Crippen LogP contribution in [0.4, 0.5) is 0 Å².